The van der Waals surface area contributed by atoms with Gasteiger partial charge in [0.05, 0.1) is 17.7 Å². The van der Waals surface area contributed by atoms with Gasteiger partial charge in [0.2, 0.25) is 5.91 Å². The highest BCUT2D eigenvalue weighted by molar-refractivity contribution is 5.84. The maximum Gasteiger partial charge on any atom is 0.387 e. The van der Waals surface area contributed by atoms with Gasteiger partial charge in [0.1, 0.15) is 5.75 Å². The van der Waals surface area contributed by atoms with Crippen LogP contribution >= 0.6 is 0 Å². The molecule has 0 radical (unpaired) electrons. The molecule has 2 aliphatic rings. The zero-order valence-corrected chi connectivity index (χ0v) is 15.0. The first kappa shape index (κ1) is 17.9. The summed E-state index contributed by atoms with van der Waals surface area (Å²) in [7, 11) is 0. The molecule has 4 rings (SSSR count). The molecule has 0 bridgehead atoms. The predicted molar refractivity (Wildman–Crippen MR) is 96.8 cm³/mol. The van der Waals surface area contributed by atoms with E-state index in [1.165, 1.54) is 0 Å². The topological polar surface area (TPSA) is 51.2 Å². The Morgan fingerprint density at radius 1 is 1.15 bits per heavy atom. The largest absolute Gasteiger partial charge is 0.435 e. The first-order valence-electron chi connectivity index (χ1n) is 9.43. The zero-order valence-electron chi connectivity index (χ0n) is 15.0. The molecule has 1 aromatic carbocycles. The summed E-state index contributed by atoms with van der Waals surface area (Å²) in [6, 6.07) is 8.86. The lowest BCUT2D eigenvalue weighted by molar-refractivity contribution is -0.123. The van der Waals surface area contributed by atoms with E-state index in [4.69, 9.17) is 0 Å². The number of hydrogen-bond acceptors (Lipinski definition) is 3. The molecule has 142 valence electrons. The molecule has 1 heterocycles. The van der Waals surface area contributed by atoms with Crippen LogP contribution in [0.3, 0.4) is 0 Å². The number of nitrogens with one attached hydrogen (secondary N) is 1. The summed E-state index contributed by atoms with van der Waals surface area (Å²) in [5, 5.41) is 3.18. The van der Waals surface area contributed by atoms with Crippen LogP contribution in [0.15, 0.2) is 36.5 Å². The minimum atomic E-state index is -2.83. The van der Waals surface area contributed by atoms with Crippen LogP contribution in [-0.4, -0.2) is 17.5 Å². The molecule has 2 aromatic rings. The number of pyridine rings is 1. The number of fused-ring (bicyclic) bond motifs is 2. The molecule has 0 saturated heterocycles. The molecule has 1 N–H and O–H groups in total. The van der Waals surface area contributed by atoms with Gasteiger partial charge in [-0.3, -0.25) is 9.78 Å². The number of alkyl halides is 2. The molecule has 6 heteroatoms. The van der Waals surface area contributed by atoms with E-state index >= 15 is 0 Å². The van der Waals surface area contributed by atoms with Gasteiger partial charge in [-0.2, -0.15) is 8.78 Å². The molecule has 1 amide bonds. The van der Waals surface area contributed by atoms with Crippen molar-refractivity contribution < 1.29 is 18.3 Å². The highest BCUT2D eigenvalue weighted by Crippen LogP contribution is 2.35. The van der Waals surface area contributed by atoms with Crippen molar-refractivity contribution in [3.8, 4) is 5.75 Å². The smallest absolute Gasteiger partial charge is 0.387 e. The van der Waals surface area contributed by atoms with E-state index in [1.54, 1.807) is 24.4 Å². The molecule has 27 heavy (non-hydrogen) atoms. The maximum atomic E-state index is 13.0. The van der Waals surface area contributed by atoms with Gasteiger partial charge in [0, 0.05) is 6.20 Å². The molecule has 0 spiro atoms. The number of amides is 1. The third-order valence-electron chi connectivity index (χ3n) is 5.48. The fourth-order valence-electron chi connectivity index (χ4n) is 4.25. The van der Waals surface area contributed by atoms with Gasteiger partial charge < -0.3 is 10.1 Å². The summed E-state index contributed by atoms with van der Waals surface area (Å²) in [4.78, 5) is 17.4. The third kappa shape index (κ3) is 3.80. The molecule has 2 unspecified atom stereocenters. The van der Waals surface area contributed by atoms with Gasteiger partial charge in [0.15, 0.2) is 0 Å². The van der Waals surface area contributed by atoms with Gasteiger partial charge in [-0.15, -0.1) is 0 Å². The highest BCUT2D eigenvalue weighted by Gasteiger charge is 2.30. The Kier molecular flexibility index (Phi) is 5.05. The lowest BCUT2D eigenvalue weighted by Crippen LogP contribution is -2.36. The lowest BCUT2D eigenvalue weighted by Gasteiger charge is -2.30. The van der Waals surface area contributed by atoms with Crippen LogP contribution in [0.5, 0.6) is 5.75 Å². The number of benzene rings is 1. The van der Waals surface area contributed by atoms with Gasteiger partial charge in [-0.25, -0.2) is 0 Å². The first-order chi connectivity index (χ1) is 13.1. The summed E-state index contributed by atoms with van der Waals surface area (Å²) in [5.74, 6) is -0.0525. The van der Waals surface area contributed by atoms with Gasteiger partial charge in [0.25, 0.3) is 0 Å². The average molecular weight is 372 g/mol. The van der Waals surface area contributed by atoms with Crippen molar-refractivity contribution in [2.24, 2.45) is 0 Å². The Balaban J connectivity index is 1.52. The van der Waals surface area contributed by atoms with Crippen LogP contribution in [0.2, 0.25) is 0 Å². The molecule has 2 atom stereocenters. The summed E-state index contributed by atoms with van der Waals surface area (Å²) in [5.41, 5.74) is 4.00. The lowest BCUT2D eigenvalue weighted by atomic mass is 9.84. The van der Waals surface area contributed by atoms with Crippen LogP contribution in [0, 0.1) is 0 Å². The Morgan fingerprint density at radius 3 is 2.81 bits per heavy atom. The number of nitrogens with zero attached hydrogens (tertiary/aromatic N) is 1. The van der Waals surface area contributed by atoms with Crippen LogP contribution in [0.4, 0.5) is 8.78 Å². The fourth-order valence-corrected chi connectivity index (χ4v) is 4.25. The zero-order chi connectivity index (χ0) is 18.8. The van der Waals surface area contributed by atoms with Crippen LogP contribution in [-0.2, 0) is 17.6 Å². The Hall–Kier alpha value is -2.50. The standard InChI is InChI=1S/C21H22F2N2O2/c22-21(23)27-15-9-10-16-14(12-15)5-2-8-18(16)25-20(26)17-7-1-4-13-6-3-11-24-19(13)17/h3,6,9-12,17-18,21H,1-2,4-5,7-8H2,(H,25,26). The van der Waals surface area contributed by atoms with E-state index in [2.05, 4.69) is 15.0 Å². The van der Waals surface area contributed by atoms with Crippen molar-refractivity contribution in [2.45, 2.75) is 57.1 Å². The molecule has 2 aliphatic carbocycles. The Bertz CT molecular complexity index is 841. The maximum absolute atomic E-state index is 13.0. The predicted octanol–water partition coefficient (Wildman–Crippen LogP) is 4.30. The van der Waals surface area contributed by atoms with E-state index < -0.39 is 6.61 Å². The SMILES string of the molecule is O=C(NC1CCCc2cc(OC(F)F)ccc21)C1CCCc2cccnc21. The highest BCUT2D eigenvalue weighted by atomic mass is 19.3. The number of aromatic nitrogens is 1. The quantitative estimate of drug-likeness (QED) is 0.871. The summed E-state index contributed by atoms with van der Waals surface area (Å²) in [6.07, 6.45) is 7.03. The van der Waals surface area contributed by atoms with Gasteiger partial charge in [-0.05, 0) is 73.4 Å². The van der Waals surface area contributed by atoms with E-state index in [0.29, 0.717) is 0 Å². The number of carbonyl (C=O) groups excluding carboxylic acids is 1. The summed E-state index contributed by atoms with van der Waals surface area (Å²) < 4.78 is 29.4. The molecule has 1 aromatic heterocycles. The second-order valence-electron chi connectivity index (χ2n) is 7.19. The van der Waals surface area contributed by atoms with E-state index in [1.807, 2.05) is 12.1 Å². The van der Waals surface area contributed by atoms with Crippen LogP contribution < -0.4 is 10.1 Å². The van der Waals surface area contributed by atoms with E-state index in [9.17, 15) is 13.6 Å². The van der Waals surface area contributed by atoms with Crippen molar-refractivity contribution in [3.05, 3.63) is 58.9 Å². The monoisotopic (exact) mass is 372 g/mol. The molecule has 0 fully saturated rings. The average Bonchev–Trinajstić information content (AvgIpc) is 2.67. The molecular formula is C21H22F2N2O2. The third-order valence-corrected chi connectivity index (χ3v) is 5.48. The first-order valence-corrected chi connectivity index (χ1v) is 9.43. The number of rotatable bonds is 4. The van der Waals surface area contributed by atoms with Gasteiger partial charge >= 0.3 is 6.61 Å². The minimum Gasteiger partial charge on any atom is -0.435 e. The molecule has 0 aliphatic heterocycles. The second kappa shape index (κ2) is 7.62. The van der Waals surface area contributed by atoms with Crippen LogP contribution in [0.25, 0.3) is 0 Å². The Labute approximate surface area is 157 Å². The fraction of sp³-hybridized carbons (Fsp3) is 0.429. The van der Waals surface area contributed by atoms with Crippen molar-refractivity contribution in [1.82, 2.24) is 10.3 Å². The van der Waals surface area contributed by atoms with Crippen molar-refractivity contribution in [3.63, 3.8) is 0 Å². The normalized spacial score (nSPS) is 21.3. The van der Waals surface area contributed by atoms with Crippen molar-refractivity contribution in [2.75, 3.05) is 0 Å². The molecular weight excluding hydrogens is 350 g/mol. The summed E-state index contributed by atoms with van der Waals surface area (Å²) in [6.45, 7) is -2.83. The Morgan fingerprint density at radius 2 is 1.96 bits per heavy atom. The van der Waals surface area contributed by atoms with E-state index in [0.717, 1.165) is 60.9 Å². The number of ether oxygens (including phenoxy) is 1. The number of halogens is 2. The number of aryl methyl sites for hydroxylation is 2. The molecule has 4 nitrogen and oxygen atoms in total. The number of hydrogen-bond donors (Lipinski definition) is 1. The minimum absolute atomic E-state index is 0.000377. The molecule has 0 saturated carbocycles. The van der Waals surface area contributed by atoms with Crippen LogP contribution in [0.1, 0.15) is 60.0 Å². The number of carbonyl (C=O) groups is 1. The van der Waals surface area contributed by atoms with Crippen molar-refractivity contribution in [1.29, 1.82) is 0 Å². The van der Waals surface area contributed by atoms with Gasteiger partial charge in [-0.1, -0.05) is 12.1 Å². The summed E-state index contributed by atoms with van der Waals surface area (Å²) >= 11 is 0. The van der Waals surface area contributed by atoms with Crippen molar-refractivity contribution >= 4 is 5.91 Å². The van der Waals surface area contributed by atoms with E-state index in [-0.39, 0.29) is 23.6 Å². The second-order valence-corrected chi connectivity index (χ2v) is 7.19.